The molecule has 0 aliphatic carbocycles. The lowest BCUT2D eigenvalue weighted by molar-refractivity contribution is -0.133. The lowest BCUT2D eigenvalue weighted by Gasteiger charge is -2.08. The zero-order chi connectivity index (χ0) is 18.2. The van der Waals surface area contributed by atoms with Gasteiger partial charge in [-0.3, -0.25) is 4.98 Å². The number of pyridine rings is 1. The first-order valence-corrected chi connectivity index (χ1v) is 8.02. The first kappa shape index (κ1) is 17.2. The number of hydrogen-bond donors (Lipinski definition) is 2. The largest absolute Gasteiger partial charge is 0.425 e. The highest BCUT2D eigenvalue weighted by Crippen LogP contribution is 2.20. The molecule has 0 radical (unpaired) electrons. The quantitative estimate of drug-likeness (QED) is 0.547. The molecule has 130 valence electrons. The van der Waals surface area contributed by atoms with Crippen LogP contribution in [0.1, 0.15) is 0 Å². The SMILES string of the molecule is O=C(NCC(=O)Oc1ccccc1)Nc1ccc(-c2ccncc2)cc1. The second kappa shape index (κ2) is 8.43. The summed E-state index contributed by atoms with van der Waals surface area (Å²) in [5.74, 6) is -0.106. The van der Waals surface area contributed by atoms with E-state index in [2.05, 4.69) is 15.6 Å². The fraction of sp³-hybridized carbons (Fsp3) is 0.0500. The third-order valence-corrected chi connectivity index (χ3v) is 3.52. The minimum atomic E-state index is -0.542. The number of hydrogen-bond acceptors (Lipinski definition) is 4. The molecule has 6 heteroatoms. The second-order valence-corrected chi connectivity index (χ2v) is 5.41. The topological polar surface area (TPSA) is 80.3 Å². The molecule has 26 heavy (non-hydrogen) atoms. The second-order valence-electron chi connectivity index (χ2n) is 5.41. The number of nitrogens with one attached hydrogen (secondary N) is 2. The van der Waals surface area contributed by atoms with Crippen LogP contribution in [-0.4, -0.2) is 23.5 Å². The number of esters is 1. The van der Waals surface area contributed by atoms with Gasteiger partial charge in [0.15, 0.2) is 0 Å². The van der Waals surface area contributed by atoms with Gasteiger partial charge in [0.2, 0.25) is 0 Å². The molecule has 0 saturated carbocycles. The van der Waals surface area contributed by atoms with Gasteiger partial charge in [-0.25, -0.2) is 9.59 Å². The van der Waals surface area contributed by atoms with Crippen LogP contribution in [0.2, 0.25) is 0 Å². The Bertz CT molecular complexity index is 866. The molecule has 1 heterocycles. The average Bonchev–Trinajstić information content (AvgIpc) is 2.68. The highest BCUT2D eigenvalue weighted by Gasteiger charge is 2.08. The number of carbonyl (C=O) groups excluding carboxylic acids is 2. The number of urea groups is 1. The molecular weight excluding hydrogens is 330 g/mol. The Hall–Kier alpha value is -3.67. The zero-order valence-electron chi connectivity index (χ0n) is 13.9. The van der Waals surface area contributed by atoms with E-state index in [0.717, 1.165) is 11.1 Å². The van der Waals surface area contributed by atoms with E-state index in [9.17, 15) is 9.59 Å². The third kappa shape index (κ3) is 4.91. The van der Waals surface area contributed by atoms with Crippen LogP contribution in [0.3, 0.4) is 0 Å². The molecule has 2 N–H and O–H groups in total. The van der Waals surface area contributed by atoms with Gasteiger partial charge in [-0.05, 0) is 47.5 Å². The monoisotopic (exact) mass is 347 g/mol. The molecule has 0 aliphatic rings. The average molecular weight is 347 g/mol. The van der Waals surface area contributed by atoms with Gasteiger partial charge in [0.1, 0.15) is 12.3 Å². The molecule has 6 nitrogen and oxygen atoms in total. The Balaban J connectivity index is 1.48. The summed E-state index contributed by atoms with van der Waals surface area (Å²) in [6.07, 6.45) is 3.45. The Morgan fingerprint density at radius 1 is 0.846 bits per heavy atom. The minimum Gasteiger partial charge on any atom is -0.425 e. The summed E-state index contributed by atoms with van der Waals surface area (Å²) in [5.41, 5.74) is 2.68. The van der Waals surface area contributed by atoms with Gasteiger partial charge in [0.25, 0.3) is 0 Å². The summed E-state index contributed by atoms with van der Waals surface area (Å²) >= 11 is 0. The Kier molecular flexibility index (Phi) is 5.57. The van der Waals surface area contributed by atoms with E-state index in [4.69, 9.17) is 4.74 Å². The van der Waals surface area contributed by atoms with Crippen LogP contribution >= 0.6 is 0 Å². The van der Waals surface area contributed by atoms with Crippen molar-refractivity contribution in [1.29, 1.82) is 0 Å². The van der Waals surface area contributed by atoms with Crippen molar-refractivity contribution in [3.05, 3.63) is 79.1 Å². The molecule has 2 aromatic carbocycles. The van der Waals surface area contributed by atoms with Crippen molar-refractivity contribution >= 4 is 17.7 Å². The molecule has 0 aliphatic heterocycles. The third-order valence-electron chi connectivity index (χ3n) is 3.52. The Morgan fingerprint density at radius 3 is 2.19 bits per heavy atom. The van der Waals surface area contributed by atoms with Gasteiger partial charge < -0.3 is 15.4 Å². The van der Waals surface area contributed by atoms with E-state index in [1.54, 1.807) is 48.8 Å². The predicted molar refractivity (Wildman–Crippen MR) is 98.8 cm³/mol. The van der Waals surface area contributed by atoms with Crippen molar-refractivity contribution < 1.29 is 14.3 Å². The van der Waals surface area contributed by atoms with Crippen molar-refractivity contribution in [3.63, 3.8) is 0 Å². The zero-order valence-corrected chi connectivity index (χ0v) is 13.9. The van der Waals surface area contributed by atoms with Gasteiger partial charge in [-0.2, -0.15) is 0 Å². The number of nitrogens with zero attached hydrogens (tertiary/aromatic N) is 1. The molecule has 3 aromatic rings. The number of benzene rings is 2. The van der Waals surface area contributed by atoms with E-state index in [0.29, 0.717) is 11.4 Å². The van der Waals surface area contributed by atoms with Crippen molar-refractivity contribution in [1.82, 2.24) is 10.3 Å². The van der Waals surface area contributed by atoms with Gasteiger partial charge in [-0.15, -0.1) is 0 Å². The highest BCUT2D eigenvalue weighted by molar-refractivity contribution is 5.91. The maximum absolute atomic E-state index is 11.9. The van der Waals surface area contributed by atoms with E-state index >= 15 is 0 Å². The smallest absolute Gasteiger partial charge is 0.330 e. The molecule has 3 rings (SSSR count). The van der Waals surface area contributed by atoms with Crippen LogP contribution in [0.4, 0.5) is 10.5 Å². The maximum Gasteiger partial charge on any atom is 0.330 e. The standard InChI is InChI=1S/C20H17N3O3/c24-19(26-18-4-2-1-3-5-18)14-22-20(25)23-17-8-6-15(7-9-17)16-10-12-21-13-11-16/h1-13H,14H2,(H2,22,23,25). The van der Waals surface area contributed by atoms with Crippen LogP contribution in [0.5, 0.6) is 5.75 Å². The molecule has 2 amide bonds. The number of rotatable bonds is 5. The summed E-state index contributed by atoms with van der Waals surface area (Å²) in [7, 11) is 0. The van der Waals surface area contributed by atoms with Crippen LogP contribution < -0.4 is 15.4 Å². The molecule has 1 aromatic heterocycles. The summed E-state index contributed by atoms with van der Waals surface area (Å²) < 4.78 is 5.09. The molecule has 0 atom stereocenters. The van der Waals surface area contributed by atoms with E-state index in [1.165, 1.54) is 0 Å². The number of carbonyl (C=O) groups is 2. The number of para-hydroxylation sites is 1. The molecule has 0 bridgehead atoms. The van der Waals surface area contributed by atoms with E-state index < -0.39 is 12.0 Å². The first-order chi connectivity index (χ1) is 12.7. The summed E-state index contributed by atoms with van der Waals surface area (Å²) in [6.45, 7) is -0.226. The normalized spacial score (nSPS) is 10.0. The number of aromatic nitrogens is 1. The lowest BCUT2D eigenvalue weighted by Crippen LogP contribution is -2.35. The first-order valence-electron chi connectivity index (χ1n) is 8.02. The number of ether oxygens (including phenoxy) is 1. The fourth-order valence-corrected chi connectivity index (χ4v) is 2.27. The number of anilines is 1. The summed E-state index contributed by atoms with van der Waals surface area (Å²) in [5, 5.41) is 5.13. The van der Waals surface area contributed by atoms with Crippen molar-refractivity contribution in [2.45, 2.75) is 0 Å². The Labute approximate surface area is 150 Å². The number of amides is 2. The van der Waals surface area contributed by atoms with Crippen LogP contribution in [0.25, 0.3) is 11.1 Å². The highest BCUT2D eigenvalue weighted by atomic mass is 16.5. The van der Waals surface area contributed by atoms with Gasteiger partial charge in [-0.1, -0.05) is 30.3 Å². The minimum absolute atomic E-state index is 0.226. The summed E-state index contributed by atoms with van der Waals surface area (Å²) in [4.78, 5) is 27.6. The molecule has 0 saturated heterocycles. The van der Waals surface area contributed by atoms with Crippen molar-refractivity contribution in [2.24, 2.45) is 0 Å². The van der Waals surface area contributed by atoms with Crippen molar-refractivity contribution in [2.75, 3.05) is 11.9 Å². The van der Waals surface area contributed by atoms with Gasteiger partial charge in [0, 0.05) is 18.1 Å². The molecule has 0 unspecified atom stereocenters. The van der Waals surface area contributed by atoms with E-state index in [1.807, 2.05) is 30.3 Å². The van der Waals surface area contributed by atoms with Gasteiger partial charge >= 0.3 is 12.0 Å². The predicted octanol–water partition coefficient (Wildman–Crippen LogP) is 3.48. The molecule has 0 spiro atoms. The Morgan fingerprint density at radius 2 is 1.50 bits per heavy atom. The molecular formula is C20H17N3O3. The van der Waals surface area contributed by atoms with Crippen LogP contribution in [-0.2, 0) is 4.79 Å². The van der Waals surface area contributed by atoms with Crippen molar-refractivity contribution in [3.8, 4) is 16.9 Å². The van der Waals surface area contributed by atoms with Crippen LogP contribution in [0, 0.1) is 0 Å². The van der Waals surface area contributed by atoms with E-state index in [-0.39, 0.29) is 6.54 Å². The fourth-order valence-electron chi connectivity index (χ4n) is 2.27. The molecule has 0 fully saturated rings. The maximum atomic E-state index is 11.9. The van der Waals surface area contributed by atoms with Crippen LogP contribution in [0.15, 0.2) is 79.1 Å². The van der Waals surface area contributed by atoms with Gasteiger partial charge in [0.05, 0.1) is 0 Å². The lowest BCUT2D eigenvalue weighted by atomic mass is 10.1. The summed E-state index contributed by atoms with van der Waals surface area (Å²) in [6, 6.07) is 19.4.